The summed E-state index contributed by atoms with van der Waals surface area (Å²) in [7, 11) is 1.63. The van der Waals surface area contributed by atoms with Gasteiger partial charge in [0.2, 0.25) is 5.95 Å². The highest BCUT2D eigenvalue weighted by Gasteiger charge is 2.24. The number of fused-ring (bicyclic) bond motifs is 3. The number of rotatable bonds is 2. The van der Waals surface area contributed by atoms with Crippen LogP contribution in [0.25, 0.3) is 22.1 Å². The van der Waals surface area contributed by atoms with E-state index in [1.165, 1.54) is 0 Å². The van der Waals surface area contributed by atoms with Crippen LogP contribution in [0.1, 0.15) is 12.8 Å². The van der Waals surface area contributed by atoms with Crippen molar-refractivity contribution in [2.24, 2.45) is 5.73 Å². The predicted octanol–water partition coefficient (Wildman–Crippen LogP) is 2.01. The zero-order valence-corrected chi connectivity index (χ0v) is 14.5. The summed E-state index contributed by atoms with van der Waals surface area (Å²) in [6, 6.07) is 5.77. The first-order valence-electron chi connectivity index (χ1n) is 7.70. The maximum absolute atomic E-state index is 6.09. The minimum Gasteiger partial charge on any atom is -0.497 e. The van der Waals surface area contributed by atoms with Gasteiger partial charge in [-0.05, 0) is 31.0 Å². The van der Waals surface area contributed by atoms with E-state index >= 15 is 0 Å². The summed E-state index contributed by atoms with van der Waals surface area (Å²) < 4.78 is 11.3. The van der Waals surface area contributed by atoms with Crippen LogP contribution in [0.5, 0.6) is 5.75 Å². The Labute approximate surface area is 146 Å². The number of ether oxygens (including phenoxy) is 1. The summed E-state index contributed by atoms with van der Waals surface area (Å²) in [5.41, 5.74) is 14.1. The van der Waals surface area contributed by atoms with Crippen LogP contribution in [-0.2, 0) is 0 Å². The van der Waals surface area contributed by atoms with Gasteiger partial charge in [0.05, 0.1) is 12.5 Å². The van der Waals surface area contributed by atoms with Crippen molar-refractivity contribution in [3.63, 3.8) is 0 Å². The van der Waals surface area contributed by atoms with Crippen LogP contribution in [0.4, 0.5) is 11.8 Å². The maximum Gasteiger partial charge on any atom is 0.222 e. The number of nitrogens with two attached hydrogens (primary N) is 2. The van der Waals surface area contributed by atoms with Gasteiger partial charge in [0.25, 0.3) is 0 Å². The average Bonchev–Trinajstić information content (AvgIpc) is 2.91. The minimum absolute atomic E-state index is 0. The molecule has 0 saturated carbocycles. The summed E-state index contributed by atoms with van der Waals surface area (Å²) in [5.74, 6) is 1.70. The number of benzene rings is 1. The molecule has 0 aliphatic carbocycles. The Hall–Kier alpha value is -2.19. The number of hydrogen-bond acceptors (Lipinski definition) is 7. The van der Waals surface area contributed by atoms with E-state index in [2.05, 4.69) is 14.9 Å². The summed E-state index contributed by atoms with van der Waals surface area (Å²) in [5, 5.41) is 0.871. The first kappa shape index (κ1) is 16.7. The molecular formula is C16H21N5O2S. The zero-order chi connectivity index (χ0) is 16.0. The fourth-order valence-electron chi connectivity index (χ4n) is 3.17. The van der Waals surface area contributed by atoms with Crippen LogP contribution in [0.15, 0.2) is 22.6 Å². The van der Waals surface area contributed by atoms with Gasteiger partial charge in [0.1, 0.15) is 16.8 Å². The molecule has 1 fully saturated rings. The van der Waals surface area contributed by atoms with E-state index in [0.29, 0.717) is 11.1 Å². The fraction of sp³-hybridized carbons (Fsp3) is 0.375. The molecule has 3 heterocycles. The normalized spacial score (nSPS) is 17.9. The van der Waals surface area contributed by atoms with Crippen LogP contribution in [0, 0.1) is 0 Å². The van der Waals surface area contributed by atoms with E-state index in [-0.39, 0.29) is 25.5 Å². The lowest BCUT2D eigenvalue weighted by Crippen LogP contribution is -2.43. The van der Waals surface area contributed by atoms with Gasteiger partial charge < -0.3 is 25.5 Å². The molecule has 0 bridgehead atoms. The number of hydrogen-bond donors (Lipinski definition) is 2. The zero-order valence-electron chi connectivity index (χ0n) is 13.5. The van der Waals surface area contributed by atoms with Crippen LogP contribution < -0.4 is 21.1 Å². The number of aromatic nitrogens is 2. The number of nitrogens with zero attached hydrogens (tertiary/aromatic N) is 3. The third-order valence-electron chi connectivity index (χ3n) is 4.28. The van der Waals surface area contributed by atoms with Crippen LogP contribution in [0.3, 0.4) is 0 Å². The van der Waals surface area contributed by atoms with Gasteiger partial charge in [-0.3, -0.25) is 0 Å². The van der Waals surface area contributed by atoms with E-state index in [0.717, 1.165) is 48.5 Å². The first-order valence-corrected chi connectivity index (χ1v) is 7.70. The van der Waals surface area contributed by atoms with Gasteiger partial charge in [-0.15, -0.1) is 0 Å². The lowest BCUT2D eigenvalue weighted by Gasteiger charge is -2.31. The highest BCUT2D eigenvalue weighted by atomic mass is 32.1. The van der Waals surface area contributed by atoms with E-state index in [9.17, 15) is 0 Å². The third kappa shape index (κ3) is 2.71. The van der Waals surface area contributed by atoms with Crippen molar-refractivity contribution in [2.75, 3.05) is 30.8 Å². The summed E-state index contributed by atoms with van der Waals surface area (Å²) >= 11 is 0. The SMILES string of the molecule is COc1ccc2oc3c(N4CCC[C@H](N)C4)nc(N)nc3c2c1.S. The number of nitrogen functional groups attached to an aromatic ring is 1. The Morgan fingerprint density at radius 1 is 1.33 bits per heavy atom. The monoisotopic (exact) mass is 347 g/mol. The summed E-state index contributed by atoms with van der Waals surface area (Å²) in [6.45, 7) is 1.63. The fourth-order valence-corrected chi connectivity index (χ4v) is 3.17. The van der Waals surface area contributed by atoms with Crippen molar-refractivity contribution in [3.8, 4) is 5.75 Å². The lowest BCUT2D eigenvalue weighted by molar-refractivity contribution is 0.415. The van der Waals surface area contributed by atoms with Gasteiger partial charge in [-0.2, -0.15) is 18.5 Å². The second kappa shape index (κ2) is 6.37. The van der Waals surface area contributed by atoms with E-state index in [4.69, 9.17) is 20.6 Å². The largest absolute Gasteiger partial charge is 0.497 e. The molecule has 8 heteroatoms. The van der Waals surface area contributed by atoms with Crippen molar-refractivity contribution in [1.29, 1.82) is 0 Å². The van der Waals surface area contributed by atoms with Crippen molar-refractivity contribution in [2.45, 2.75) is 18.9 Å². The number of furan rings is 1. The minimum atomic E-state index is 0. The molecule has 4 N–H and O–H groups in total. The number of methoxy groups -OCH3 is 1. The quantitative estimate of drug-likeness (QED) is 0.731. The Bertz CT molecular complexity index is 882. The third-order valence-corrected chi connectivity index (χ3v) is 4.28. The highest BCUT2D eigenvalue weighted by Crippen LogP contribution is 2.35. The molecule has 0 spiro atoms. The molecule has 3 aromatic rings. The molecule has 1 saturated heterocycles. The maximum atomic E-state index is 6.09. The molecule has 0 radical (unpaired) electrons. The number of anilines is 2. The van der Waals surface area contributed by atoms with Crippen molar-refractivity contribution in [3.05, 3.63) is 18.2 Å². The highest BCUT2D eigenvalue weighted by molar-refractivity contribution is 7.59. The van der Waals surface area contributed by atoms with Gasteiger partial charge in [-0.1, -0.05) is 0 Å². The standard InChI is InChI=1S/C16H19N5O2.H2S/c1-22-10-4-5-12-11(7-10)13-14(23-12)15(20-16(18)19-13)21-6-2-3-9(17)8-21;/h4-5,7,9H,2-3,6,8,17H2,1H3,(H2,18,19,20);1H2/t9-;/m0./s1. The molecule has 4 rings (SSSR count). The van der Waals surface area contributed by atoms with E-state index in [1.54, 1.807) is 7.11 Å². The molecule has 0 amide bonds. The van der Waals surface area contributed by atoms with Crippen molar-refractivity contribution < 1.29 is 9.15 Å². The van der Waals surface area contributed by atoms with E-state index < -0.39 is 0 Å². The molecule has 24 heavy (non-hydrogen) atoms. The van der Waals surface area contributed by atoms with Gasteiger partial charge in [0.15, 0.2) is 11.4 Å². The number of piperidine rings is 1. The van der Waals surface area contributed by atoms with Crippen molar-refractivity contribution in [1.82, 2.24) is 9.97 Å². The summed E-state index contributed by atoms with van der Waals surface area (Å²) in [4.78, 5) is 10.9. The Morgan fingerprint density at radius 3 is 2.92 bits per heavy atom. The first-order chi connectivity index (χ1) is 11.2. The molecule has 128 valence electrons. The molecule has 7 nitrogen and oxygen atoms in total. The molecule has 2 aromatic heterocycles. The van der Waals surface area contributed by atoms with Crippen LogP contribution >= 0.6 is 13.5 Å². The average molecular weight is 347 g/mol. The second-order valence-corrected chi connectivity index (χ2v) is 5.90. The topological polar surface area (TPSA) is 103 Å². The van der Waals surface area contributed by atoms with Crippen LogP contribution in [0.2, 0.25) is 0 Å². The van der Waals surface area contributed by atoms with E-state index in [1.807, 2.05) is 18.2 Å². The second-order valence-electron chi connectivity index (χ2n) is 5.90. The van der Waals surface area contributed by atoms with Crippen molar-refractivity contribution >= 4 is 47.3 Å². The molecular weight excluding hydrogens is 326 g/mol. The molecule has 0 unspecified atom stereocenters. The summed E-state index contributed by atoms with van der Waals surface area (Å²) in [6.07, 6.45) is 2.05. The molecule has 1 aromatic carbocycles. The molecule has 1 aliphatic rings. The Morgan fingerprint density at radius 2 is 2.17 bits per heavy atom. The lowest BCUT2D eigenvalue weighted by atomic mass is 10.1. The van der Waals surface area contributed by atoms with Gasteiger partial charge in [-0.25, -0.2) is 4.98 Å². The Kier molecular flexibility index (Phi) is 4.42. The Balaban J connectivity index is 0.00000169. The molecule has 1 atom stereocenters. The van der Waals surface area contributed by atoms with Crippen LogP contribution in [-0.4, -0.2) is 36.2 Å². The van der Waals surface area contributed by atoms with Gasteiger partial charge >= 0.3 is 0 Å². The van der Waals surface area contributed by atoms with Gasteiger partial charge in [0, 0.05) is 19.1 Å². The molecule has 1 aliphatic heterocycles. The predicted molar refractivity (Wildman–Crippen MR) is 100 cm³/mol. The smallest absolute Gasteiger partial charge is 0.222 e.